The second-order valence-electron chi connectivity index (χ2n) is 10.5. The predicted octanol–water partition coefficient (Wildman–Crippen LogP) is 2.62. The smallest absolute Gasteiger partial charge is 0.326 e. The number of carboxylic acid groups (broad SMARTS) is 1. The number of aromatic nitrogens is 1. The van der Waals surface area contributed by atoms with Gasteiger partial charge in [0.2, 0.25) is 17.7 Å². The van der Waals surface area contributed by atoms with Gasteiger partial charge in [-0.1, -0.05) is 68.8 Å². The monoisotopic (exact) mass is 595 g/mol. The van der Waals surface area contributed by atoms with Crippen molar-refractivity contribution in [3.63, 3.8) is 0 Å². The van der Waals surface area contributed by atoms with Crippen molar-refractivity contribution >= 4 is 46.4 Å². The molecule has 3 amide bonds. The lowest BCUT2D eigenvalue weighted by Gasteiger charge is -2.28. The van der Waals surface area contributed by atoms with Gasteiger partial charge >= 0.3 is 5.97 Å². The lowest BCUT2D eigenvalue weighted by Crippen LogP contribution is -2.59. The number of hydrogen-bond donors (Lipinski definition) is 6. The number of hydrogen-bond acceptors (Lipinski definition) is 6. The van der Waals surface area contributed by atoms with E-state index >= 15 is 0 Å². The summed E-state index contributed by atoms with van der Waals surface area (Å²) in [5.74, 6) is -2.40. The SMILES string of the molecule is CCC(C)C(NC(=O)C(Cc1ccccc1)NC(=O)C(N)CCSC)C(=O)NC(Cc1c[nH]c2ccccc12)C(=O)O. The highest BCUT2D eigenvalue weighted by Gasteiger charge is 2.33. The molecular weight excluding hydrogens is 554 g/mol. The number of carbonyl (C=O) groups is 4. The standard InChI is InChI=1S/C31H41N5O5S/c1-4-19(2)27(30(39)35-26(31(40)41)17-21-18-33-24-13-9-8-12-22(21)24)36-29(38)25(16-20-10-6-5-7-11-20)34-28(37)23(32)14-15-42-3/h5-13,18-19,23,25-27,33H,4,14-17,32H2,1-3H3,(H,34,37)(H,35,39)(H,36,38)(H,40,41). The maximum absolute atomic E-state index is 13.6. The number of fused-ring (bicyclic) bond motifs is 1. The number of nitrogens with two attached hydrogens (primary N) is 1. The van der Waals surface area contributed by atoms with E-state index in [-0.39, 0.29) is 18.8 Å². The molecule has 3 aromatic rings. The van der Waals surface area contributed by atoms with E-state index < -0.39 is 47.9 Å². The Morgan fingerprint density at radius 1 is 0.905 bits per heavy atom. The number of aliphatic carboxylic acids is 1. The van der Waals surface area contributed by atoms with Gasteiger partial charge in [-0.25, -0.2) is 4.79 Å². The Kier molecular flexibility index (Phi) is 12.4. The first-order chi connectivity index (χ1) is 20.1. The maximum Gasteiger partial charge on any atom is 0.326 e. The number of H-pyrrole nitrogens is 1. The van der Waals surface area contributed by atoms with Gasteiger partial charge in [0.05, 0.1) is 6.04 Å². The van der Waals surface area contributed by atoms with Crippen LogP contribution in [0.25, 0.3) is 10.9 Å². The second kappa shape index (κ2) is 16.0. The number of nitrogens with one attached hydrogen (secondary N) is 4. The molecule has 0 bridgehead atoms. The molecule has 5 unspecified atom stereocenters. The van der Waals surface area contributed by atoms with E-state index in [1.165, 1.54) is 0 Å². The Morgan fingerprint density at radius 2 is 1.57 bits per heavy atom. The van der Waals surface area contributed by atoms with Crippen molar-refractivity contribution in [3.8, 4) is 0 Å². The lowest BCUT2D eigenvalue weighted by atomic mass is 9.96. The van der Waals surface area contributed by atoms with Crippen LogP contribution in [0.4, 0.5) is 0 Å². The van der Waals surface area contributed by atoms with Crippen molar-refractivity contribution < 1.29 is 24.3 Å². The van der Waals surface area contributed by atoms with E-state index in [9.17, 15) is 24.3 Å². The number of rotatable bonds is 16. The molecule has 0 aliphatic carbocycles. The number of carboxylic acids is 1. The lowest BCUT2D eigenvalue weighted by molar-refractivity contribution is -0.142. The molecular formula is C31H41N5O5S. The average molecular weight is 596 g/mol. The summed E-state index contributed by atoms with van der Waals surface area (Å²) < 4.78 is 0. The molecule has 42 heavy (non-hydrogen) atoms. The van der Waals surface area contributed by atoms with Crippen LogP contribution in [0.15, 0.2) is 60.8 Å². The summed E-state index contributed by atoms with van der Waals surface area (Å²) in [7, 11) is 0. The summed E-state index contributed by atoms with van der Waals surface area (Å²) >= 11 is 1.57. The van der Waals surface area contributed by atoms with Crippen LogP contribution < -0.4 is 21.7 Å². The number of aromatic amines is 1. The van der Waals surface area contributed by atoms with Gasteiger partial charge in [0.15, 0.2) is 0 Å². The Balaban J connectivity index is 1.78. The van der Waals surface area contributed by atoms with Crippen LogP contribution in [-0.2, 0) is 32.0 Å². The normalized spacial score (nSPS) is 14.8. The predicted molar refractivity (Wildman–Crippen MR) is 166 cm³/mol. The van der Waals surface area contributed by atoms with Gasteiger partial charge in [0.25, 0.3) is 0 Å². The van der Waals surface area contributed by atoms with Crippen LogP contribution >= 0.6 is 11.8 Å². The number of carbonyl (C=O) groups excluding carboxylic acids is 3. The summed E-state index contributed by atoms with van der Waals surface area (Å²) in [4.78, 5) is 55.3. The van der Waals surface area contributed by atoms with Crippen LogP contribution in [0.2, 0.25) is 0 Å². The minimum absolute atomic E-state index is 0.0624. The van der Waals surface area contributed by atoms with Gasteiger partial charge in [-0.15, -0.1) is 0 Å². The first kappa shape index (κ1) is 32.7. The largest absolute Gasteiger partial charge is 0.480 e. The summed E-state index contributed by atoms with van der Waals surface area (Å²) in [6, 6.07) is 12.8. The Hall–Kier alpha value is -3.83. The Labute approximate surface area is 250 Å². The molecule has 7 N–H and O–H groups in total. The van der Waals surface area contributed by atoms with Gasteiger partial charge in [-0.3, -0.25) is 14.4 Å². The highest BCUT2D eigenvalue weighted by atomic mass is 32.2. The molecule has 11 heteroatoms. The van der Waals surface area contributed by atoms with Gasteiger partial charge in [0, 0.05) is 29.9 Å². The van der Waals surface area contributed by atoms with Crippen LogP contribution in [-0.4, -0.2) is 70.0 Å². The average Bonchev–Trinajstić information content (AvgIpc) is 3.40. The van der Waals surface area contributed by atoms with Crippen LogP contribution in [0, 0.1) is 5.92 Å². The fourth-order valence-corrected chi connectivity index (χ4v) is 5.14. The molecule has 10 nitrogen and oxygen atoms in total. The minimum Gasteiger partial charge on any atom is -0.480 e. The fraction of sp³-hybridized carbons (Fsp3) is 0.419. The van der Waals surface area contributed by atoms with Crippen molar-refractivity contribution in [1.29, 1.82) is 0 Å². The van der Waals surface area contributed by atoms with Crippen LogP contribution in [0.1, 0.15) is 37.8 Å². The van der Waals surface area contributed by atoms with E-state index in [2.05, 4.69) is 20.9 Å². The third-order valence-electron chi connectivity index (χ3n) is 7.39. The van der Waals surface area contributed by atoms with Crippen molar-refractivity contribution in [3.05, 3.63) is 71.9 Å². The zero-order valence-electron chi connectivity index (χ0n) is 24.3. The number of amides is 3. The summed E-state index contributed by atoms with van der Waals surface area (Å²) in [5, 5.41) is 19.0. The summed E-state index contributed by atoms with van der Waals surface area (Å²) in [5.41, 5.74) is 8.51. The van der Waals surface area contributed by atoms with Gasteiger partial charge in [-0.2, -0.15) is 11.8 Å². The summed E-state index contributed by atoms with van der Waals surface area (Å²) in [6.45, 7) is 3.69. The zero-order chi connectivity index (χ0) is 30.6. The molecule has 226 valence electrons. The summed E-state index contributed by atoms with van der Waals surface area (Å²) in [6.07, 6.45) is 4.92. The minimum atomic E-state index is -1.21. The third kappa shape index (κ3) is 9.09. The maximum atomic E-state index is 13.6. The highest BCUT2D eigenvalue weighted by Crippen LogP contribution is 2.19. The van der Waals surface area contributed by atoms with E-state index in [0.717, 1.165) is 22.0 Å². The van der Waals surface area contributed by atoms with Gasteiger partial charge in [-0.05, 0) is 41.5 Å². The van der Waals surface area contributed by atoms with E-state index in [1.807, 2.05) is 74.7 Å². The molecule has 0 radical (unpaired) electrons. The molecule has 0 aliphatic heterocycles. The fourth-order valence-electron chi connectivity index (χ4n) is 4.65. The molecule has 0 aliphatic rings. The Bertz CT molecular complexity index is 1350. The molecule has 3 rings (SSSR count). The molecule has 1 aromatic heterocycles. The zero-order valence-corrected chi connectivity index (χ0v) is 25.1. The number of benzene rings is 2. The van der Waals surface area contributed by atoms with Gasteiger partial charge in [0.1, 0.15) is 18.1 Å². The first-order valence-electron chi connectivity index (χ1n) is 14.1. The molecule has 0 fully saturated rings. The molecule has 1 heterocycles. The number of thioether (sulfide) groups is 1. The van der Waals surface area contributed by atoms with Crippen LogP contribution in [0.5, 0.6) is 0 Å². The van der Waals surface area contributed by atoms with Gasteiger partial charge < -0.3 is 31.8 Å². The topological polar surface area (TPSA) is 166 Å². The van der Waals surface area contributed by atoms with Crippen molar-refractivity contribution in [1.82, 2.24) is 20.9 Å². The molecule has 0 saturated carbocycles. The number of para-hydroxylation sites is 1. The first-order valence-corrected chi connectivity index (χ1v) is 15.5. The molecule has 2 aromatic carbocycles. The molecule has 5 atom stereocenters. The van der Waals surface area contributed by atoms with Crippen molar-refractivity contribution in [2.45, 2.75) is 63.7 Å². The van der Waals surface area contributed by atoms with Crippen molar-refractivity contribution in [2.75, 3.05) is 12.0 Å². The molecule has 0 spiro atoms. The Morgan fingerprint density at radius 3 is 2.24 bits per heavy atom. The highest BCUT2D eigenvalue weighted by molar-refractivity contribution is 7.98. The van der Waals surface area contributed by atoms with E-state index in [1.54, 1.807) is 18.0 Å². The van der Waals surface area contributed by atoms with E-state index in [4.69, 9.17) is 5.73 Å². The van der Waals surface area contributed by atoms with Crippen LogP contribution in [0.3, 0.4) is 0 Å². The van der Waals surface area contributed by atoms with Crippen molar-refractivity contribution in [2.24, 2.45) is 11.7 Å². The third-order valence-corrected chi connectivity index (χ3v) is 8.04. The molecule has 0 saturated heterocycles. The second-order valence-corrected chi connectivity index (χ2v) is 11.5. The quantitative estimate of drug-likeness (QED) is 0.148. The van der Waals surface area contributed by atoms with E-state index in [0.29, 0.717) is 18.6 Å².